The Labute approximate surface area is 202 Å². The molecule has 2 aromatic carbocycles. The fourth-order valence-corrected chi connectivity index (χ4v) is 4.52. The first kappa shape index (κ1) is 23.5. The van der Waals surface area contributed by atoms with Gasteiger partial charge in [-0.15, -0.1) is 0 Å². The summed E-state index contributed by atoms with van der Waals surface area (Å²) in [4.78, 5) is 27.4. The Morgan fingerprint density at radius 3 is 2.58 bits per heavy atom. The van der Waals surface area contributed by atoms with Crippen molar-refractivity contribution in [2.24, 2.45) is 12.8 Å². The number of rotatable bonds is 4. The van der Waals surface area contributed by atoms with Gasteiger partial charge in [0.2, 0.25) is 0 Å². The van der Waals surface area contributed by atoms with Gasteiger partial charge in [-0.2, -0.15) is 14.9 Å². The zero-order valence-electron chi connectivity index (χ0n) is 19.2. The largest absolute Gasteiger partial charge is 0.368 e. The smallest absolute Gasteiger partial charge is 0.276 e. The summed E-state index contributed by atoms with van der Waals surface area (Å²) < 4.78 is 45.5. The highest BCUT2D eigenvalue weighted by Gasteiger charge is 2.26. The number of aromatic nitrogens is 4. The van der Waals surface area contributed by atoms with Gasteiger partial charge < -0.3 is 16.0 Å². The van der Waals surface area contributed by atoms with Crippen LogP contribution in [0.3, 0.4) is 0 Å². The third-order valence-corrected chi connectivity index (χ3v) is 6.15. The van der Waals surface area contributed by atoms with Crippen LogP contribution in [0.4, 0.5) is 24.5 Å². The highest BCUT2D eigenvalue weighted by molar-refractivity contribution is 6.09. The second kappa shape index (κ2) is 9.11. The SMILES string of the molecule is Cn1ncc2c(N3CCC[C@@H](N)C3)c(NC(=O)c3ccc(=O)n(-c4c(F)cccc4F)n3)cc(F)c21. The quantitative estimate of drug-likeness (QED) is 0.449. The lowest BCUT2D eigenvalue weighted by molar-refractivity contribution is 0.102. The van der Waals surface area contributed by atoms with Gasteiger partial charge in [0, 0.05) is 43.7 Å². The summed E-state index contributed by atoms with van der Waals surface area (Å²) in [5.41, 5.74) is 5.30. The monoisotopic (exact) mass is 497 g/mol. The van der Waals surface area contributed by atoms with Crippen LogP contribution in [0.15, 0.2) is 47.4 Å². The lowest BCUT2D eigenvalue weighted by atomic mass is 10.0. The van der Waals surface area contributed by atoms with Crippen molar-refractivity contribution in [3.63, 3.8) is 0 Å². The minimum Gasteiger partial charge on any atom is -0.368 e. The molecular weight excluding hydrogens is 475 g/mol. The highest BCUT2D eigenvalue weighted by Crippen LogP contribution is 2.38. The van der Waals surface area contributed by atoms with E-state index < -0.39 is 34.6 Å². The number of fused-ring (bicyclic) bond motifs is 1. The molecule has 186 valence electrons. The molecule has 1 aliphatic heterocycles. The number of carbonyl (C=O) groups excluding carboxylic acids is 1. The van der Waals surface area contributed by atoms with Gasteiger partial charge in [-0.3, -0.25) is 14.3 Å². The molecule has 12 heteroatoms. The number of aryl methyl sites for hydroxylation is 1. The molecule has 0 spiro atoms. The molecule has 9 nitrogen and oxygen atoms in total. The number of para-hydroxylation sites is 1. The first-order chi connectivity index (χ1) is 17.2. The molecule has 5 rings (SSSR count). The van der Waals surface area contributed by atoms with E-state index in [1.165, 1.54) is 16.9 Å². The summed E-state index contributed by atoms with van der Waals surface area (Å²) in [5.74, 6) is -3.44. The Balaban J connectivity index is 1.58. The van der Waals surface area contributed by atoms with Crippen molar-refractivity contribution in [2.75, 3.05) is 23.3 Å². The number of nitrogens with zero attached hydrogens (tertiary/aromatic N) is 5. The van der Waals surface area contributed by atoms with Crippen molar-refractivity contribution in [3.05, 3.63) is 76.1 Å². The molecule has 1 aliphatic rings. The minimum atomic E-state index is -1.02. The Morgan fingerprint density at radius 2 is 1.86 bits per heavy atom. The molecule has 3 N–H and O–H groups in total. The van der Waals surface area contributed by atoms with Gasteiger partial charge in [-0.05, 0) is 31.0 Å². The number of benzene rings is 2. The van der Waals surface area contributed by atoms with Gasteiger partial charge in [0.15, 0.2) is 17.5 Å². The maximum Gasteiger partial charge on any atom is 0.276 e. The molecule has 4 aromatic rings. The molecule has 0 aliphatic carbocycles. The van der Waals surface area contributed by atoms with E-state index in [4.69, 9.17) is 5.73 Å². The molecule has 0 radical (unpaired) electrons. The molecule has 1 atom stereocenters. The highest BCUT2D eigenvalue weighted by atomic mass is 19.1. The Kier molecular flexibility index (Phi) is 5.96. The Hall–Kier alpha value is -4.19. The number of nitrogens with one attached hydrogen (secondary N) is 1. The summed E-state index contributed by atoms with van der Waals surface area (Å²) in [7, 11) is 1.62. The van der Waals surface area contributed by atoms with Gasteiger partial charge in [-0.25, -0.2) is 13.2 Å². The molecular formula is C24H22F3N7O2. The van der Waals surface area contributed by atoms with E-state index in [1.807, 2.05) is 4.90 Å². The van der Waals surface area contributed by atoms with Crippen LogP contribution in [0, 0.1) is 17.5 Å². The molecule has 2 aromatic heterocycles. The predicted octanol–water partition coefficient (Wildman–Crippen LogP) is 2.72. The van der Waals surface area contributed by atoms with Gasteiger partial charge in [0.25, 0.3) is 11.5 Å². The van der Waals surface area contributed by atoms with Crippen molar-refractivity contribution in [1.82, 2.24) is 19.6 Å². The van der Waals surface area contributed by atoms with Crippen molar-refractivity contribution in [3.8, 4) is 5.69 Å². The number of anilines is 2. The van der Waals surface area contributed by atoms with E-state index in [9.17, 15) is 18.4 Å². The fraction of sp³-hybridized carbons (Fsp3) is 0.250. The molecule has 0 unspecified atom stereocenters. The summed E-state index contributed by atoms with van der Waals surface area (Å²) >= 11 is 0. The third kappa shape index (κ3) is 4.09. The van der Waals surface area contributed by atoms with Crippen LogP contribution in [-0.4, -0.2) is 44.6 Å². The molecule has 1 amide bonds. The van der Waals surface area contributed by atoms with Gasteiger partial charge in [0.1, 0.15) is 16.9 Å². The average Bonchev–Trinajstić information content (AvgIpc) is 3.22. The van der Waals surface area contributed by atoms with E-state index in [2.05, 4.69) is 15.5 Å². The molecule has 0 bridgehead atoms. The van der Waals surface area contributed by atoms with E-state index in [0.29, 0.717) is 28.8 Å². The Morgan fingerprint density at radius 1 is 1.11 bits per heavy atom. The minimum absolute atomic E-state index is 0.0973. The molecule has 1 fully saturated rings. The number of carbonyl (C=O) groups is 1. The van der Waals surface area contributed by atoms with Crippen LogP contribution in [0.2, 0.25) is 0 Å². The van der Waals surface area contributed by atoms with E-state index in [-0.39, 0.29) is 22.9 Å². The molecule has 1 saturated heterocycles. The summed E-state index contributed by atoms with van der Waals surface area (Å²) in [6, 6.07) is 6.28. The zero-order chi connectivity index (χ0) is 25.6. The normalized spacial score (nSPS) is 15.9. The number of hydrogen-bond acceptors (Lipinski definition) is 6. The maximum absolute atomic E-state index is 15.0. The summed E-state index contributed by atoms with van der Waals surface area (Å²) in [6.45, 7) is 1.13. The van der Waals surface area contributed by atoms with Gasteiger partial charge >= 0.3 is 0 Å². The van der Waals surface area contributed by atoms with Crippen LogP contribution < -0.4 is 21.5 Å². The maximum atomic E-state index is 15.0. The molecule has 36 heavy (non-hydrogen) atoms. The van der Waals surface area contributed by atoms with Gasteiger partial charge in [0.05, 0.1) is 17.6 Å². The summed E-state index contributed by atoms with van der Waals surface area (Å²) in [6.07, 6.45) is 3.17. The Bertz CT molecular complexity index is 1530. The van der Waals surface area contributed by atoms with Crippen LogP contribution in [0.5, 0.6) is 0 Å². The molecule has 0 saturated carbocycles. The summed E-state index contributed by atoms with van der Waals surface area (Å²) in [5, 5.41) is 11.2. The zero-order valence-corrected chi connectivity index (χ0v) is 19.2. The first-order valence-electron chi connectivity index (χ1n) is 11.3. The van der Waals surface area contributed by atoms with Gasteiger partial charge in [-0.1, -0.05) is 6.07 Å². The van der Waals surface area contributed by atoms with Crippen LogP contribution >= 0.6 is 0 Å². The van der Waals surface area contributed by atoms with Crippen LogP contribution in [0.25, 0.3) is 16.6 Å². The van der Waals surface area contributed by atoms with E-state index in [1.54, 1.807) is 7.05 Å². The van der Waals surface area contributed by atoms with E-state index in [0.717, 1.165) is 43.2 Å². The first-order valence-corrected chi connectivity index (χ1v) is 11.3. The van der Waals surface area contributed by atoms with Crippen molar-refractivity contribution < 1.29 is 18.0 Å². The lowest BCUT2D eigenvalue weighted by Crippen LogP contribution is -2.43. The number of piperidine rings is 1. The lowest BCUT2D eigenvalue weighted by Gasteiger charge is -2.34. The number of amides is 1. The van der Waals surface area contributed by atoms with Crippen molar-refractivity contribution in [1.29, 1.82) is 0 Å². The van der Waals surface area contributed by atoms with E-state index >= 15 is 4.39 Å². The topological polar surface area (TPSA) is 111 Å². The number of nitrogens with two attached hydrogens (primary N) is 1. The van der Waals surface area contributed by atoms with Crippen molar-refractivity contribution >= 4 is 28.2 Å². The molecule has 3 heterocycles. The second-order valence-corrected chi connectivity index (χ2v) is 8.63. The average molecular weight is 497 g/mol. The number of halogens is 3. The number of hydrogen-bond donors (Lipinski definition) is 2. The fourth-order valence-electron chi connectivity index (χ4n) is 4.52. The van der Waals surface area contributed by atoms with Crippen LogP contribution in [0.1, 0.15) is 23.3 Å². The standard InChI is InChI=1S/C24H22F3N7O2/c1-32-21-14(11-29-32)22(33-9-3-4-13(28)12-33)19(10-17(21)27)30-24(36)18-7-8-20(35)34(31-18)23-15(25)5-2-6-16(23)26/h2,5-8,10-11,13H,3-4,9,12,28H2,1H3,(H,30,36)/t13-/m1/s1. The second-order valence-electron chi connectivity index (χ2n) is 8.63. The van der Waals surface area contributed by atoms with Crippen molar-refractivity contribution in [2.45, 2.75) is 18.9 Å². The van der Waals surface area contributed by atoms with Crippen LogP contribution in [-0.2, 0) is 7.05 Å². The third-order valence-electron chi connectivity index (χ3n) is 6.15. The predicted molar refractivity (Wildman–Crippen MR) is 128 cm³/mol.